The van der Waals surface area contributed by atoms with Gasteiger partial charge in [0, 0.05) is 37.6 Å². The fraction of sp³-hybridized carbons (Fsp3) is 0.632. The zero-order chi connectivity index (χ0) is 16.0. The van der Waals surface area contributed by atoms with Crippen LogP contribution in [0.15, 0.2) is 24.3 Å². The Balaban J connectivity index is 1.46. The SMILES string of the molecule is Cc1ccccc1[C@@H]1[C@@H]2CN(C(=O)CNC3CC3)C[C@@H]2CN1C. The highest BCUT2D eigenvalue weighted by molar-refractivity contribution is 5.78. The molecule has 4 rings (SSSR count). The molecule has 0 bridgehead atoms. The lowest BCUT2D eigenvalue weighted by atomic mass is 9.88. The fourth-order valence-electron chi connectivity index (χ4n) is 4.48. The van der Waals surface area contributed by atoms with Gasteiger partial charge in [-0.3, -0.25) is 9.69 Å². The first-order chi connectivity index (χ1) is 11.1. The number of fused-ring (bicyclic) bond motifs is 1. The van der Waals surface area contributed by atoms with E-state index in [1.807, 2.05) is 0 Å². The maximum absolute atomic E-state index is 12.5. The van der Waals surface area contributed by atoms with E-state index in [1.54, 1.807) is 0 Å². The number of nitrogens with one attached hydrogen (secondary N) is 1. The maximum Gasteiger partial charge on any atom is 0.236 e. The van der Waals surface area contributed by atoms with Gasteiger partial charge in [0.1, 0.15) is 0 Å². The van der Waals surface area contributed by atoms with E-state index in [-0.39, 0.29) is 5.91 Å². The van der Waals surface area contributed by atoms with Crippen molar-refractivity contribution in [3.63, 3.8) is 0 Å². The van der Waals surface area contributed by atoms with Crippen molar-refractivity contribution in [1.29, 1.82) is 0 Å². The lowest BCUT2D eigenvalue weighted by Gasteiger charge is -2.28. The van der Waals surface area contributed by atoms with Gasteiger partial charge in [-0.1, -0.05) is 24.3 Å². The van der Waals surface area contributed by atoms with E-state index in [0.29, 0.717) is 30.5 Å². The Morgan fingerprint density at radius 2 is 2.00 bits per heavy atom. The van der Waals surface area contributed by atoms with Crippen molar-refractivity contribution in [1.82, 2.24) is 15.1 Å². The summed E-state index contributed by atoms with van der Waals surface area (Å²) < 4.78 is 0. The summed E-state index contributed by atoms with van der Waals surface area (Å²) >= 11 is 0. The number of hydrogen-bond donors (Lipinski definition) is 1. The van der Waals surface area contributed by atoms with Crippen LogP contribution in [0, 0.1) is 18.8 Å². The number of hydrogen-bond acceptors (Lipinski definition) is 3. The zero-order valence-electron chi connectivity index (χ0n) is 14.2. The van der Waals surface area contributed by atoms with Crippen LogP contribution < -0.4 is 5.32 Å². The number of nitrogens with zero attached hydrogens (tertiary/aromatic N) is 2. The number of likely N-dealkylation sites (tertiary alicyclic amines) is 2. The molecule has 3 atom stereocenters. The second-order valence-electron chi connectivity index (χ2n) is 7.62. The Morgan fingerprint density at radius 1 is 1.22 bits per heavy atom. The molecule has 1 aromatic rings. The summed E-state index contributed by atoms with van der Waals surface area (Å²) in [5, 5.41) is 3.36. The summed E-state index contributed by atoms with van der Waals surface area (Å²) in [6.45, 7) is 5.67. The van der Waals surface area contributed by atoms with Crippen molar-refractivity contribution < 1.29 is 4.79 Å². The molecule has 2 saturated heterocycles. The minimum Gasteiger partial charge on any atom is -0.341 e. The highest BCUT2D eigenvalue weighted by Crippen LogP contribution is 2.44. The molecule has 1 amide bonds. The number of aryl methyl sites for hydroxylation is 1. The van der Waals surface area contributed by atoms with E-state index in [4.69, 9.17) is 0 Å². The van der Waals surface area contributed by atoms with Gasteiger partial charge < -0.3 is 10.2 Å². The van der Waals surface area contributed by atoms with Crippen LogP contribution in [0.25, 0.3) is 0 Å². The van der Waals surface area contributed by atoms with Gasteiger partial charge in [0.2, 0.25) is 5.91 Å². The van der Waals surface area contributed by atoms with Crippen LogP contribution in [0.2, 0.25) is 0 Å². The fourth-order valence-corrected chi connectivity index (χ4v) is 4.48. The highest BCUT2D eigenvalue weighted by atomic mass is 16.2. The van der Waals surface area contributed by atoms with Crippen molar-refractivity contribution in [2.24, 2.45) is 11.8 Å². The summed E-state index contributed by atoms with van der Waals surface area (Å²) in [7, 11) is 2.23. The van der Waals surface area contributed by atoms with Crippen molar-refractivity contribution >= 4 is 5.91 Å². The first kappa shape index (κ1) is 15.2. The number of carbonyl (C=O) groups excluding carboxylic acids is 1. The Labute approximate surface area is 138 Å². The first-order valence-corrected chi connectivity index (χ1v) is 8.90. The van der Waals surface area contributed by atoms with Gasteiger partial charge in [0.05, 0.1) is 6.54 Å². The quantitative estimate of drug-likeness (QED) is 0.921. The third-order valence-electron chi connectivity index (χ3n) is 5.87. The van der Waals surface area contributed by atoms with E-state index in [9.17, 15) is 4.79 Å². The predicted molar refractivity (Wildman–Crippen MR) is 91.1 cm³/mol. The van der Waals surface area contributed by atoms with Gasteiger partial charge in [-0.25, -0.2) is 0 Å². The lowest BCUT2D eigenvalue weighted by molar-refractivity contribution is -0.129. The Kier molecular flexibility index (Phi) is 3.90. The van der Waals surface area contributed by atoms with Gasteiger partial charge in [0.15, 0.2) is 0 Å². The van der Waals surface area contributed by atoms with Crippen LogP contribution in [0.3, 0.4) is 0 Å². The van der Waals surface area contributed by atoms with Crippen LogP contribution in [-0.4, -0.2) is 55.0 Å². The van der Waals surface area contributed by atoms with Gasteiger partial charge in [0.25, 0.3) is 0 Å². The van der Waals surface area contributed by atoms with E-state index >= 15 is 0 Å². The molecule has 2 aliphatic heterocycles. The summed E-state index contributed by atoms with van der Waals surface area (Å²) in [5.41, 5.74) is 2.80. The topological polar surface area (TPSA) is 35.6 Å². The highest BCUT2D eigenvalue weighted by Gasteiger charge is 2.47. The molecular weight excluding hydrogens is 286 g/mol. The average molecular weight is 313 g/mol. The molecule has 0 radical (unpaired) electrons. The maximum atomic E-state index is 12.5. The smallest absolute Gasteiger partial charge is 0.236 e. The van der Waals surface area contributed by atoms with Crippen LogP contribution >= 0.6 is 0 Å². The van der Waals surface area contributed by atoms with Crippen LogP contribution in [0.4, 0.5) is 0 Å². The monoisotopic (exact) mass is 313 g/mol. The molecule has 4 nitrogen and oxygen atoms in total. The molecule has 3 aliphatic rings. The van der Waals surface area contributed by atoms with Crippen LogP contribution in [-0.2, 0) is 4.79 Å². The molecule has 1 aliphatic carbocycles. The number of benzene rings is 1. The van der Waals surface area contributed by atoms with Gasteiger partial charge in [-0.05, 0) is 43.9 Å². The Hall–Kier alpha value is -1.39. The standard InChI is InChI=1S/C19H27N3O/c1-13-5-3-4-6-16(13)19-17-12-22(11-14(17)10-21(19)2)18(23)9-20-15-7-8-15/h3-6,14-15,17,19-20H,7-12H2,1-2H3/t14-,17+,19+/m0/s1. The van der Waals surface area contributed by atoms with Crippen LogP contribution in [0.5, 0.6) is 0 Å². The molecule has 1 saturated carbocycles. The summed E-state index contributed by atoms with van der Waals surface area (Å²) in [6.07, 6.45) is 2.47. The number of amides is 1. The molecule has 0 aromatic heterocycles. The molecule has 0 spiro atoms. The molecule has 0 unspecified atom stereocenters. The summed E-state index contributed by atoms with van der Waals surface area (Å²) in [5.74, 6) is 1.48. The molecule has 1 N–H and O–H groups in total. The molecule has 23 heavy (non-hydrogen) atoms. The normalized spacial score (nSPS) is 30.7. The molecule has 1 aromatic carbocycles. The summed E-state index contributed by atoms with van der Waals surface area (Å²) in [4.78, 5) is 17.0. The van der Waals surface area contributed by atoms with E-state index < -0.39 is 0 Å². The number of carbonyl (C=O) groups is 1. The third-order valence-corrected chi connectivity index (χ3v) is 5.87. The second-order valence-corrected chi connectivity index (χ2v) is 7.62. The van der Waals surface area contributed by atoms with E-state index in [1.165, 1.54) is 24.0 Å². The Morgan fingerprint density at radius 3 is 2.74 bits per heavy atom. The van der Waals surface area contributed by atoms with Crippen molar-refractivity contribution in [2.75, 3.05) is 33.2 Å². The Bertz CT molecular complexity index is 598. The van der Waals surface area contributed by atoms with Crippen molar-refractivity contribution in [3.05, 3.63) is 35.4 Å². The van der Waals surface area contributed by atoms with Crippen LogP contribution in [0.1, 0.15) is 30.0 Å². The second kappa shape index (κ2) is 5.91. The van der Waals surface area contributed by atoms with Gasteiger partial charge >= 0.3 is 0 Å². The first-order valence-electron chi connectivity index (χ1n) is 8.90. The lowest BCUT2D eigenvalue weighted by Crippen LogP contribution is -2.39. The minimum atomic E-state index is 0.289. The molecule has 2 heterocycles. The van der Waals surface area contributed by atoms with Gasteiger partial charge in [-0.15, -0.1) is 0 Å². The van der Waals surface area contributed by atoms with E-state index in [2.05, 4.69) is 53.4 Å². The molecule has 124 valence electrons. The van der Waals surface area contributed by atoms with E-state index in [0.717, 1.165) is 19.6 Å². The molecule has 3 fully saturated rings. The largest absolute Gasteiger partial charge is 0.341 e. The summed E-state index contributed by atoms with van der Waals surface area (Å²) in [6, 6.07) is 9.77. The van der Waals surface area contributed by atoms with Crippen molar-refractivity contribution in [2.45, 2.75) is 31.8 Å². The average Bonchev–Trinajstić information content (AvgIpc) is 3.20. The molecule has 4 heteroatoms. The van der Waals surface area contributed by atoms with Crippen molar-refractivity contribution in [3.8, 4) is 0 Å². The zero-order valence-corrected chi connectivity index (χ0v) is 14.2. The predicted octanol–water partition coefficient (Wildman–Crippen LogP) is 1.81. The van der Waals surface area contributed by atoms with Gasteiger partial charge in [-0.2, -0.15) is 0 Å². The third kappa shape index (κ3) is 2.90. The number of rotatable bonds is 4. The minimum absolute atomic E-state index is 0.289. The molecular formula is C19H27N3O.